The van der Waals surface area contributed by atoms with Gasteiger partial charge in [-0.2, -0.15) is 4.98 Å². The lowest BCUT2D eigenvalue weighted by atomic mass is 10.2. The van der Waals surface area contributed by atoms with Crippen LogP contribution in [-0.2, 0) is 17.9 Å². The minimum absolute atomic E-state index is 0.0526. The van der Waals surface area contributed by atoms with E-state index in [0.29, 0.717) is 37.6 Å². The molecule has 8 nitrogen and oxygen atoms in total. The summed E-state index contributed by atoms with van der Waals surface area (Å²) in [6, 6.07) is 5.06. The molecule has 1 atom stereocenters. The van der Waals surface area contributed by atoms with Crippen LogP contribution in [0.5, 0.6) is 5.88 Å². The number of halogens is 2. The summed E-state index contributed by atoms with van der Waals surface area (Å²) >= 11 is 0. The second-order valence-corrected chi connectivity index (χ2v) is 8.66. The van der Waals surface area contributed by atoms with E-state index in [-0.39, 0.29) is 24.6 Å². The highest BCUT2D eigenvalue weighted by Gasteiger charge is 2.38. The second-order valence-electron chi connectivity index (χ2n) is 8.66. The van der Waals surface area contributed by atoms with Crippen molar-refractivity contribution in [3.8, 4) is 5.88 Å². The summed E-state index contributed by atoms with van der Waals surface area (Å²) in [5.74, 6) is -1.13. The fraction of sp³-hybridized carbons (Fsp3) is 0.476. The normalized spacial score (nSPS) is 17.9. The van der Waals surface area contributed by atoms with Gasteiger partial charge in [0.1, 0.15) is 18.0 Å². The first-order valence-corrected chi connectivity index (χ1v) is 10.0. The van der Waals surface area contributed by atoms with Gasteiger partial charge in [0, 0.05) is 25.7 Å². The molecule has 10 heteroatoms. The van der Waals surface area contributed by atoms with Crippen LogP contribution in [-0.4, -0.2) is 51.8 Å². The molecule has 3 heterocycles. The predicted octanol–water partition coefficient (Wildman–Crippen LogP) is 2.54. The molecule has 0 N–H and O–H groups in total. The van der Waals surface area contributed by atoms with E-state index in [0.717, 1.165) is 12.1 Å². The molecule has 0 radical (unpaired) electrons. The zero-order valence-electron chi connectivity index (χ0n) is 17.6. The highest BCUT2D eigenvalue weighted by Crippen LogP contribution is 2.29. The summed E-state index contributed by atoms with van der Waals surface area (Å²) in [4.78, 5) is 32.6. The minimum Gasteiger partial charge on any atom is -0.473 e. The lowest BCUT2D eigenvalue weighted by molar-refractivity contribution is 0.0216. The van der Waals surface area contributed by atoms with Crippen molar-refractivity contribution in [1.82, 2.24) is 14.5 Å². The van der Waals surface area contributed by atoms with Gasteiger partial charge in [0.15, 0.2) is 11.6 Å². The highest BCUT2D eigenvalue weighted by atomic mass is 19.2. The molecule has 4 rings (SSSR count). The molecular weight excluding hydrogens is 410 g/mol. The van der Waals surface area contributed by atoms with Crippen LogP contribution in [0, 0.1) is 11.6 Å². The van der Waals surface area contributed by atoms with Crippen molar-refractivity contribution in [2.24, 2.45) is 0 Å². The van der Waals surface area contributed by atoms with Gasteiger partial charge in [-0.3, -0.25) is 4.57 Å². The van der Waals surface area contributed by atoms with E-state index in [1.807, 2.05) is 25.7 Å². The molecule has 166 valence electrons. The molecule has 0 spiro atoms. The number of fused-ring (bicyclic) bond motifs is 3. The highest BCUT2D eigenvalue weighted by molar-refractivity contribution is 5.69. The molecule has 0 aliphatic carbocycles. The van der Waals surface area contributed by atoms with Crippen LogP contribution < -0.4 is 15.3 Å². The molecule has 1 aromatic heterocycles. The Bertz CT molecular complexity index is 1070. The number of piperazine rings is 1. The molecule has 2 aliphatic heterocycles. The number of aromatic nitrogens is 2. The Morgan fingerprint density at radius 1 is 1.16 bits per heavy atom. The maximum atomic E-state index is 13.4. The number of anilines is 1. The lowest BCUT2D eigenvalue weighted by Gasteiger charge is -2.38. The average molecular weight is 434 g/mol. The summed E-state index contributed by atoms with van der Waals surface area (Å²) in [6.07, 6.45) is -0.371. The second kappa shape index (κ2) is 7.82. The maximum absolute atomic E-state index is 13.4. The monoisotopic (exact) mass is 434 g/mol. The third kappa shape index (κ3) is 4.47. The summed E-state index contributed by atoms with van der Waals surface area (Å²) in [6.45, 7) is 7.25. The van der Waals surface area contributed by atoms with Crippen molar-refractivity contribution in [2.45, 2.75) is 45.6 Å². The fourth-order valence-corrected chi connectivity index (χ4v) is 3.76. The number of carbonyl (C=O) groups excluding carboxylic acids is 1. The average Bonchev–Trinajstić information content (AvgIpc) is 3.06. The van der Waals surface area contributed by atoms with Gasteiger partial charge >= 0.3 is 11.8 Å². The Hall–Kier alpha value is -3.17. The lowest BCUT2D eigenvalue weighted by Crippen LogP contribution is -2.54. The van der Waals surface area contributed by atoms with E-state index in [4.69, 9.17) is 9.47 Å². The smallest absolute Gasteiger partial charge is 0.410 e. The zero-order valence-corrected chi connectivity index (χ0v) is 17.6. The number of benzene rings is 1. The number of rotatable bonds is 3. The van der Waals surface area contributed by atoms with E-state index < -0.39 is 22.9 Å². The van der Waals surface area contributed by atoms with Crippen LogP contribution in [0.2, 0.25) is 0 Å². The van der Waals surface area contributed by atoms with Gasteiger partial charge in [0.05, 0.1) is 12.6 Å². The maximum Gasteiger partial charge on any atom is 0.410 e. The number of hydrogen-bond donors (Lipinski definition) is 0. The standard InChI is InChI=1S/C21H24F2N4O4/c1-21(2,3)31-20(29)25-6-7-26-14(10-25)11-27-18(26)9-17(24-19(27)28)30-12-13-4-5-15(22)16(23)8-13/h4-5,8-9,14H,6-7,10-12H2,1-3H3. The van der Waals surface area contributed by atoms with E-state index >= 15 is 0 Å². The summed E-state index contributed by atoms with van der Waals surface area (Å²) in [5, 5.41) is 0. The number of hydrogen-bond acceptors (Lipinski definition) is 6. The van der Waals surface area contributed by atoms with Crippen LogP contribution in [0.25, 0.3) is 0 Å². The van der Waals surface area contributed by atoms with Crippen LogP contribution in [0.3, 0.4) is 0 Å². The first-order chi connectivity index (χ1) is 14.6. The van der Waals surface area contributed by atoms with E-state index in [2.05, 4.69) is 4.98 Å². The molecule has 1 unspecified atom stereocenters. The zero-order chi connectivity index (χ0) is 22.3. The Balaban J connectivity index is 1.46. The Morgan fingerprint density at radius 2 is 1.94 bits per heavy atom. The Labute approximate surface area is 178 Å². The van der Waals surface area contributed by atoms with E-state index in [1.54, 1.807) is 15.5 Å². The molecule has 1 amide bonds. The van der Waals surface area contributed by atoms with Gasteiger partial charge in [-0.1, -0.05) is 6.07 Å². The number of amides is 1. The largest absolute Gasteiger partial charge is 0.473 e. The molecule has 1 aromatic carbocycles. The molecule has 1 saturated heterocycles. The third-order valence-corrected chi connectivity index (χ3v) is 5.16. The van der Waals surface area contributed by atoms with Crippen molar-refractivity contribution >= 4 is 11.9 Å². The van der Waals surface area contributed by atoms with Gasteiger partial charge < -0.3 is 19.3 Å². The molecule has 0 saturated carbocycles. The van der Waals surface area contributed by atoms with Gasteiger partial charge in [0.25, 0.3) is 0 Å². The topological polar surface area (TPSA) is 76.9 Å². The Morgan fingerprint density at radius 3 is 2.65 bits per heavy atom. The minimum atomic E-state index is -0.964. The fourth-order valence-electron chi connectivity index (χ4n) is 3.76. The van der Waals surface area contributed by atoms with Gasteiger partial charge in [-0.25, -0.2) is 18.4 Å². The van der Waals surface area contributed by atoms with Crippen molar-refractivity contribution in [3.05, 3.63) is 51.9 Å². The van der Waals surface area contributed by atoms with Crippen molar-refractivity contribution < 1.29 is 23.0 Å². The number of carbonyl (C=O) groups is 1. The van der Waals surface area contributed by atoms with Crippen LogP contribution in [0.15, 0.2) is 29.1 Å². The molecule has 1 fully saturated rings. The van der Waals surface area contributed by atoms with Crippen molar-refractivity contribution in [1.29, 1.82) is 0 Å². The Kier molecular flexibility index (Phi) is 5.32. The SMILES string of the molecule is CC(C)(C)OC(=O)N1CCN2c3cc(OCc4ccc(F)c(F)c4)nc(=O)n3CC2C1. The molecular formula is C21H24F2N4O4. The van der Waals surface area contributed by atoms with Gasteiger partial charge in [0.2, 0.25) is 5.88 Å². The quantitative estimate of drug-likeness (QED) is 0.739. The first-order valence-electron chi connectivity index (χ1n) is 10.0. The third-order valence-electron chi connectivity index (χ3n) is 5.16. The van der Waals surface area contributed by atoms with Crippen LogP contribution >= 0.6 is 0 Å². The summed E-state index contributed by atoms with van der Waals surface area (Å²) in [7, 11) is 0. The van der Waals surface area contributed by atoms with Gasteiger partial charge in [-0.15, -0.1) is 0 Å². The first kappa shape index (κ1) is 21.1. The van der Waals surface area contributed by atoms with Crippen LogP contribution in [0.1, 0.15) is 26.3 Å². The summed E-state index contributed by atoms with van der Waals surface area (Å²) in [5.41, 5.74) is -0.617. The molecule has 0 bridgehead atoms. The summed E-state index contributed by atoms with van der Waals surface area (Å²) < 4.78 is 39.0. The van der Waals surface area contributed by atoms with Crippen molar-refractivity contribution in [2.75, 3.05) is 24.5 Å². The predicted molar refractivity (Wildman–Crippen MR) is 108 cm³/mol. The molecule has 2 aliphatic rings. The number of ether oxygens (including phenoxy) is 2. The number of nitrogens with zero attached hydrogens (tertiary/aromatic N) is 4. The van der Waals surface area contributed by atoms with Gasteiger partial charge in [-0.05, 0) is 38.5 Å². The van der Waals surface area contributed by atoms with Crippen LogP contribution in [0.4, 0.5) is 19.4 Å². The van der Waals surface area contributed by atoms with E-state index in [1.165, 1.54) is 6.07 Å². The molecule has 31 heavy (non-hydrogen) atoms. The molecule has 2 aromatic rings. The van der Waals surface area contributed by atoms with E-state index in [9.17, 15) is 18.4 Å². The van der Waals surface area contributed by atoms with Crippen molar-refractivity contribution in [3.63, 3.8) is 0 Å².